The first-order chi connectivity index (χ1) is 9.58. The molecule has 1 aliphatic rings. The van der Waals surface area contributed by atoms with Crippen LogP contribution in [0.2, 0.25) is 0 Å². The minimum atomic E-state index is -0.452. The van der Waals surface area contributed by atoms with Gasteiger partial charge in [0.1, 0.15) is 5.82 Å². The maximum atomic E-state index is 11.8. The number of halogens is 1. The minimum Gasteiger partial charge on any atom is -0.357 e. The van der Waals surface area contributed by atoms with E-state index >= 15 is 0 Å². The van der Waals surface area contributed by atoms with Crippen LogP contribution >= 0.6 is 12.4 Å². The van der Waals surface area contributed by atoms with Crippen LogP contribution < -0.4 is 16.0 Å². The Morgan fingerprint density at radius 3 is 2.57 bits per heavy atom. The quantitative estimate of drug-likeness (QED) is 0.868. The standard InChI is InChI=1S/C15H24N4O.ClH/c1-11(2)14(16)15(20)18-10-12-5-6-13(17-9-12)19-7-3-4-8-19;/h5-6,9,11,14H,3-4,7-8,10,16H2,1-2H3,(H,18,20);1H/t14-;/m0./s1. The first-order valence-electron chi connectivity index (χ1n) is 7.31. The molecule has 0 bridgehead atoms. The number of aromatic nitrogens is 1. The molecule has 21 heavy (non-hydrogen) atoms. The van der Waals surface area contributed by atoms with Crippen LogP contribution in [0.25, 0.3) is 0 Å². The molecule has 0 saturated carbocycles. The van der Waals surface area contributed by atoms with Crippen molar-refractivity contribution >= 4 is 24.1 Å². The van der Waals surface area contributed by atoms with Crippen molar-refractivity contribution in [3.8, 4) is 0 Å². The Balaban J connectivity index is 0.00000220. The van der Waals surface area contributed by atoms with Crippen molar-refractivity contribution in [2.24, 2.45) is 11.7 Å². The largest absolute Gasteiger partial charge is 0.357 e. The molecule has 0 spiro atoms. The molecular formula is C15H25ClN4O. The van der Waals surface area contributed by atoms with Crippen LogP contribution in [0.15, 0.2) is 18.3 Å². The second kappa shape index (κ2) is 8.20. The highest BCUT2D eigenvalue weighted by atomic mass is 35.5. The Hall–Kier alpha value is -1.33. The molecule has 5 nitrogen and oxygen atoms in total. The van der Waals surface area contributed by atoms with Gasteiger partial charge in [-0.1, -0.05) is 19.9 Å². The number of nitrogens with zero attached hydrogens (tertiary/aromatic N) is 2. The molecule has 118 valence electrons. The molecular weight excluding hydrogens is 288 g/mol. The van der Waals surface area contributed by atoms with Crippen molar-refractivity contribution in [1.82, 2.24) is 10.3 Å². The fourth-order valence-corrected chi connectivity index (χ4v) is 2.26. The Labute approximate surface area is 132 Å². The van der Waals surface area contributed by atoms with Gasteiger partial charge in [-0.15, -0.1) is 12.4 Å². The normalized spacial score (nSPS) is 15.7. The van der Waals surface area contributed by atoms with Gasteiger partial charge in [0, 0.05) is 25.8 Å². The molecule has 0 radical (unpaired) electrons. The first kappa shape index (κ1) is 17.7. The van der Waals surface area contributed by atoms with Gasteiger partial charge >= 0.3 is 0 Å². The zero-order chi connectivity index (χ0) is 14.5. The summed E-state index contributed by atoms with van der Waals surface area (Å²) in [7, 11) is 0. The molecule has 2 rings (SSSR count). The lowest BCUT2D eigenvalue weighted by Crippen LogP contribution is -2.43. The van der Waals surface area contributed by atoms with Crippen LogP contribution in [0.5, 0.6) is 0 Å². The minimum absolute atomic E-state index is 0. The number of anilines is 1. The number of nitrogens with two attached hydrogens (primary N) is 1. The molecule has 6 heteroatoms. The predicted molar refractivity (Wildman–Crippen MR) is 87.6 cm³/mol. The van der Waals surface area contributed by atoms with Gasteiger partial charge in [0.15, 0.2) is 0 Å². The van der Waals surface area contributed by atoms with Crippen LogP contribution in [0, 0.1) is 5.92 Å². The van der Waals surface area contributed by atoms with E-state index in [0.717, 1.165) is 24.5 Å². The summed E-state index contributed by atoms with van der Waals surface area (Å²) in [6.07, 6.45) is 4.31. The monoisotopic (exact) mass is 312 g/mol. The van der Waals surface area contributed by atoms with Crippen LogP contribution in [0.3, 0.4) is 0 Å². The van der Waals surface area contributed by atoms with Crippen molar-refractivity contribution in [2.45, 2.75) is 39.3 Å². The van der Waals surface area contributed by atoms with Gasteiger partial charge in [-0.3, -0.25) is 4.79 Å². The van der Waals surface area contributed by atoms with Gasteiger partial charge in [0.25, 0.3) is 0 Å². The smallest absolute Gasteiger partial charge is 0.237 e. The number of hydrogen-bond donors (Lipinski definition) is 2. The van der Waals surface area contributed by atoms with E-state index in [2.05, 4.69) is 15.2 Å². The van der Waals surface area contributed by atoms with Crippen molar-refractivity contribution in [3.05, 3.63) is 23.9 Å². The Bertz CT molecular complexity index is 443. The van der Waals surface area contributed by atoms with Crippen LogP contribution in [-0.4, -0.2) is 30.0 Å². The van der Waals surface area contributed by atoms with E-state index in [4.69, 9.17) is 5.73 Å². The molecule has 1 aliphatic heterocycles. The van der Waals surface area contributed by atoms with E-state index < -0.39 is 6.04 Å². The molecule has 0 aliphatic carbocycles. The Kier molecular flexibility index (Phi) is 6.92. The summed E-state index contributed by atoms with van der Waals surface area (Å²) in [4.78, 5) is 18.5. The van der Waals surface area contributed by atoms with E-state index in [0.29, 0.717) is 6.54 Å². The molecule has 0 unspecified atom stereocenters. The van der Waals surface area contributed by atoms with Gasteiger partial charge < -0.3 is 16.0 Å². The first-order valence-corrected chi connectivity index (χ1v) is 7.31. The second-order valence-electron chi connectivity index (χ2n) is 5.71. The summed E-state index contributed by atoms with van der Waals surface area (Å²) in [5.41, 5.74) is 6.79. The molecule has 1 amide bonds. The molecule has 1 aromatic heterocycles. The van der Waals surface area contributed by atoms with Gasteiger partial charge in [0.2, 0.25) is 5.91 Å². The van der Waals surface area contributed by atoms with E-state index in [-0.39, 0.29) is 24.2 Å². The predicted octanol–water partition coefficient (Wildman–Crippen LogP) is 1.70. The maximum absolute atomic E-state index is 11.8. The van der Waals surface area contributed by atoms with E-state index in [1.54, 1.807) is 0 Å². The average molecular weight is 313 g/mol. The van der Waals surface area contributed by atoms with E-state index in [1.807, 2.05) is 32.2 Å². The summed E-state index contributed by atoms with van der Waals surface area (Å²) in [6, 6.07) is 3.59. The number of hydrogen-bond acceptors (Lipinski definition) is 4. The second-order valence-corrected chi connectivity index (χ2v) is 5.71. The van der Waals surface area contributed by atoms with Crippen molar-refractivity contribution in [3.63, 3.8) is 0 Å². The SMILES string of the molecule is CC(C)[C@H](N)C(=O)NCc1ccc(N2CCCC2)nc1.Cl. The number of pyridine rings is 1. The zero-order valence-corrected chi connectivity index (χ0v) is 13.5. The Morgan fingerprint density at radius 1 is 1.38 bits per heavy atom. The Morgan fingerprint density at radius 2 is 2.05 bits per heavy atom. The molecule has 1 saturated heterocycles. The topological polar surface area (TPSA) is 71.2 Å². The summed E-state index contributed by atoms with van der Waals surface area (Å²) in [6.45, 7) is 6.54. The van der Waals surface area contributed by atoms with Crippen LogP contribution in [0.4, 0.5) is 5.82 Å². The fraction of sp³-hybridized carbons (Fsp3) is 0.600. The molecule has 3 N–H and O–H groups in total. The lowest BCUT2D eigenvalue weighted by molar-refractivity contribution is -0.123. The molecule has 1 fully saturated rings. The van der Waals surface area contributed by atoms with Gasteiger partial charge in [-0.25, -0.2) is 4.98 Å². The van der Waals surface area contributed by atoms with Gasteiger partial charge in [0.05, 0.1) is 6.04 Å². The van der Waals surface area contributed by atoms with E-state index in [1.165, 1.54) is 12.8 Å². The highest BCUT2D eigenvalue weighted by molar-refractivity contribution is 5.85. The summed E-state index contributed by atoms with van der Waals surface area (Å²) >= 11 is 0. The number of carbonyl (C=O) groups is 1. The number of carbonyl (C=O) groups excluding carboxylic acids is 1. The third kappa shape index (κ3) is 4.86. The van der Waals surface area contributed by atoms with Gasteiger partial charge in [-0.2, -0.15) is 0 Å². The third-order valence-corrected chi connectivity index (χ3v) is 3.73. The van der Waals surface area contributed by atoms with Crippen molar-refractivity contribution < 1.29 is 4.79 Å². The number of rotatable bonds is 5. The van der Waals surface area contributed by atoms with Crippen molar-refractivity contribution in [1.29, 1.82) is 0 Å². The highest BCUT2D eigenvalue weighted by Gasteiger charge is 2.17. The number of amides is 1. The summed E-state index contributed by atoms with van der Waals surface area (Å²) in [5.74, 6) is 1.06. The summed E-state index contributed by atoms with van der Waals surface area (Å²) in [5, 5.41) is 2.85. The molecule has 1 aromatic rings. The maximum Gasteiger partial charge on any atom is 0.237 e. The zero-order valence-electron chi connectivity index (χ0n) is 12.7. The van der Waals surface area contributed by atoms with Crippen LogP contribution in [-0.2, 0) is 11.3 Å². The van der Waals surface area contributed by atoms with Gasteiger partial charge in [-0.05, 0) is 30.4 Å². The highest BCUT2D eigenvalue weighted by Crippen LogP contribution is 2.17. The third-order valence-electron chi connectivity index (χ3n) is 3.73. The van der Waals surface area contributed by atoms with E-state index in [9.17, 15) is 4.79 Å². The lowest BCUT2D eigenvalue weighted by atomic mass is 10.1. The van der Waals surface area contributed by atoms with Crippen LogP contribution in [0.1, 0.15) is 32.3 Å². The molecule has 1 atom stereocenters. The van der Waals surface area contributed by atoms with Crippen molar-refractivity contribution in [2.75, 3.05) is 18.0 Å². The summed E-state index contributed by atoms with van der Waals surface area (Å²) < 4.78 is 0. The fourth-order valence-electron chi connectivity index (χ4n) is 2.26. The lowest BCUT2D eigenvalue weighted by Gasteiger charge is -2.17. The molecule has 0 aromatic carbocycles. The average Bonchev–Trinajstić information content (AvgIpc) is 2.98. The molecule has 2 heterocycles. The number of nitrogens with one attached hydrogen (secondary N) is 1.